The molecule has 10 heteroatoms. The van der Waals surface area contributed by atoms with Crippen LogP contribution in [0.1, 0.15) is 20.7 Å². The lowest BCUT2D eigenvalue weighted by Gasteiger charge is -2.26. The molecular formula is C19H19ClN2O6S. The SMILES string of the molecule is COC(=O)c1cc(NC(=O)c2cccc(S(=O)(=O)N3CCOCC3)c2)ccc1Cl. The fourth-order valence-electron chi connectivity index (χ4n) is 2.81. The van der Waals surface area contributed by atoms with E-state index in [4.69, 9.17) is 16.3 Å². The van der Waals surface area contributed by atoms with Gasteiger partial charge in [0.05, 0.1) is 35.8 Å². The molecule has 1 aliphatic rings. The summed E-state index contributed by atoms with van der Waals surface area (Å²) in [5, 5.41) is 2.82. The number of hydrogen-bond donors (Lipinski definition) is 1. The molecule has 29 heavy (non-hydrogen) atoms. The summed E-state index contributed by atoms with van der Waals surface area (Å²) < 4.78 is 36.7. The number of carbonyl (C=O) groups is 2. The second-order valence-electron chi connectivity index (χ2n) is 6.18. The molecule has 2 aromatic rings. The van der Waals surface area contributed by atoms with Crippen molar-refractivity contribution in [3.8, 4) is 0 Å². The Balaban J connectivity index is 1.82. The van der Waals surface area contributed by atoms with Gasteiger partial charge in [0.15, 0.2) is 0 Å². The standard InChI is InChI=1S/C19H19ClN2O6S/c1-27-19(24)16-12-14(5-6-17(16)20)21-18(23)13-3-2-4-15(11-13)29(25,26)22-7-9-28-10-8-22/h2-6,11-12H,7-10H2,1H3,(H,21,23). The van der Waals surface area contributed by atoms with E-state index in [0.29, 0.717) is 18.9 Å². The molecular weight excluding hydrogens is 420 g/mol. The largest absolute Gasteiger partial charge is 0.465 e. The van der Waals surface area contributed by atoms with E-state index in [0.717, 1.165) is 0 Å². The molecule has 0 aliphatic carbocycles. The molecule has 0 saturated carbocycles. The van der Waals surface area contributed by atoms with Crippen LogP contribution in [0.5, 0.6) is 0 Å². The maximum atomic E-state index is 12.8. The number of benzene rings is 2. The normalized spacial score (nSPS) is 15.0. The van der Waals surface area contributed by atoms with Crippen LogP contribution in [0.3, 0.4) is 0 Å². The lowest BCUT2D eigenvalue weighted by Crippen LogP contribution is -2.40. The zero-order valence-corrected chi connectivity index (χ0v) is 17.1. The number of esters is 1. The summed E-state index contributed by atoms with van der Waals surface area (Å²) in [7, 11) is -2.50. The average molecular weight is 439 g/mol. The van der Waals surface area contributed by atoms with Crippen LogP contribution in [0, 0.1) is 0 Å². The lowest BCUT2D eigenvalue weighted by molar-refractivity contribution is 0.0600. The van der Waals surface area contributed by atoms with Gasteiger partial charge >= 0.3 is 5.97 Å². The van der Waals surface area contributed by atoms with Crippen LogP contribution >= 0.6 is 11.6 Å². The van der Waals surface area contributed by atoms with Gasteiger partial charge in [0.25, 0.3) is 5.91 Å². The molecule has 1 fully saturated rings. The van der Waals surface area contributed by atoms with E-state index in [1.54, 1.807) is 0 Å². The Kier molecular flexibility index (Phi) is 6.53. The van der Waals surface area contributed by atoms with Gasteiger partial charge in [-0.2, -0.15) is 4.31 Å². The minimum atomic E-state index is -3.72. The highest BCUT2D eigenvalue weighted by Crippen LogP contribution is 2.23. The van der Waals surface area contributed by atoms with Crippen LogP contribution in [0.4, 0.5) is 5.69 Å². The Labute approximate surface area is 173 Å². The summed E-state index contributed by atoms with van der Waals surface area (Å²) in [6.07, 6.45) is 0. The predicted octanol–water partition coefficient (Wildman–Crippen LogP) is 2.40. The Bertz CT molecular complexity index is 1030. The fraction of sp³-hybridized carbons (Fsp3) is 0.263. The first-order valence-corrected chi connectivity index (χ1v) is 10.5. The van der Waals surface area contributed by atoms with E-state index >= 15 is 0 Å². The maximum Gasteiger partial charge on any atom is 0.339 e. The number of anilines is 1. The van der Waals surface area contributed by atoms with Crippen LogP contribution in [0.2, 0.25) is 5.02 Å². The summed E-state index contributed by atoms with van der Waals surface area (Å²) in [5.41, 5.74) is 0.589. The molecule has 1 N–H and O–H groups in total. The van der Waals surface area contributed by atoms with Gasteiger partial charge in [0.1, 0.15) is 0 Å². The van der Waals surface area contributed by atoms with Crippen LogP contribution in [-0.2, 0) is 19.5 Å². The second kappa shape index (κ2) is 8.91. The number of morpholine rings is 1. The van der Waals surface area contributed by atoms with E-state index in [1.165, 1.54) is 53.9 Å². The molecule has 1 saturated heterocycles. The summed E-state index contributed by atoms with van der Waals surface area (Å²) in [5.74, 6) is -1.16. The molecule has 154 valence electrons. The first-order chi connectivity index (χ1) is 13.8. The number of hydrogen-bond acceptors (Lipinski definition) is 6. The molecule has 1 aliphatic heterocycles. The third-order valence-electron chi connectivity index (χ3n) is 4.33. The number of nitrogens with one attached hydrogen (secondary N) is 1. The van der Waals surface area contributed by atoms with Gasteiger partial charge < -0.3 is 14.8 Å². The maximum absolute atomic E-state index is 12.8. The molecule has 0 atom stereocenters. The topological polar surface area (TPSA) is 102 Å². The highest BCUT2D eigenvalue weighted by Gasteiger charge is 2.27. The molecule has 0 unspecified atom stereocenters. The zero-order chi connectivity index (χ0) is 21.0. The molecule has 0 radical (unpaired) electrons. The van der Waals surface area contributed by atoms with Crippen molar-refractivity contribution in [3.05, 3.63) is 58.6 Å². The Morgan fingerprint density at radius 1 is 1.14 bits per heavy atom. The van der Waals surface area contributed by atoms with Gasteiger partial charge in [-0.05, 0) is 36.4 Å². The van der Waals surface area contributed by atoms with E-state index in [2.05, 4.69) is 10.1 Å². The fourth-order valence-corrected chi connectivity index (χ4v) is 4.46. The van der Waals surface area contributed by atoms with Crippen LogP contribution in [-0.4, -0.2) is 58.0 Å². The van der Waals surface area contributed by atoms with Crippen molar-refractivity contribution in [1.82, 2.24) is 4.31 Å². The predicted molar refractivity (Wildman–Crippen MR) is 107 cm³/mol. The van der Waals surface area contributed by atoms with Gasteiger partial charge in [0, 0.05) is 24.3 Å². The van der Waals surface area contributed by atoms with E-state index in [-0.39, 0.29) is 34.1 Å². The highest BCUT2D eigenvalue weighted by molar-refractivity contribution is 7.89. The van der Waals surface area contributed by atoms with E-state index < -0.39 is 21.9 Å². The third kappa shape index (κ3) is 4.76. The van der Waals surface area contributed by atoms with Gasteiger partial charge in [-0.25, -0.2) is 13.2 Å². The van der Waals surface area contributed by atoms with Crippen molar-refractivity contribution in [2.45, 2.75) is 4.90 Å². The van der Waals surface area contributed by atoms with E-state index in [9.17, 15) is 18.0 Å². The van der Waals surface area contributed by atoms with Crippen molar-refractivity contribution in [2.75, 3.05) is 38.7 Å². The molecule has 1 amide bonds. The first kappa shape index (κ1) is 21.3. The number of carbonyl (C=O) groups excluding carboxylic acids is 2. The summed E-state index contributed by atoms with van der Waals surface area (Å²) >= 11 is 5.97. The number of ether oxygens (including phenoxy) is 2. The zero-order valence-electron chi connectivity index (χ0n) is 15.6. The summed E-state index contributed by atoms with van der Waals surface area (Å²) in [4.78, 5) is 24.4. The van der Waals surface area contributed by atoms with Gasteiger partial charge in [-0.15, -0.1) is 0 Å². The summed E-state index contributed by atoms with van der Waals surface area (Å²) in [6.45, 7) is 1.19. The van der Waals surface area contributed by atoms with Crippen LogP contribution in [0.25, 0.3) is 0 Å². The number of nitrogens with zero attached hydrogens (tertiary/aromatic N) is 1. The van der Waals surface area contributed by atoms with Crippen molar-refractivity contribution < 1.29 is 27.5 Å². The number of halogens is 1. The molecule has 0 spiro atoms. The minimum Gasteiger partial charge on any atom is -0.465 e. The lowest BCUT2D eigenvalue weighted by atomic mass is 10.1. The number of sulfonamides is 1. The van der Waals surface area contributed by atoms with Crippen molar-refractivity contribution in [1.29, 1.82) is 0 Å². The molecule has 8 nitrogen and oxygen atoms in total. The monoisotopic (exact) mass is 438 g/mol. The highest BCUT2D eigenvalue weighted by atomic mass is 35.5. The molecule has 1 heterocycles. The van der Waals surface area contributed by atoms with Crippen molar-refractivity contribution >= 4 is 39.2 Å². The first-order valence-electron chi connectivity index (χ1n) is 8.70. The summed E-state index contributed by atoms with van der Waals surface area (Å²) in [6, 6.07) is 10.1. The number of amides is 1. The van der Waals surface area contributed by atoms with Crippen LogP contribution in [0.15, 0.2) is 47.4 Å². The number of rotatable bonds is 5. The Hall–Kier alpha value is -2.46. The second-order valence-corrected chi connectivity index (χ2v) is 8.53. The number of methoxy groups -OCH3 is 1. The quantitative estimate of drug-likeness (QED) is 0.719. The Morgan fingerprint density at radius 2 is 1.86 bits per heavy atom. The molecule has 0 aromatic heterocycles. The molecule has 3 rings (SSSR count). The van der Waals surface area contributed by atoms with Gasteiger partial charge in [-0.1, -0.05) is 17.7 Å². The molecule has 2 aromatic carbocycles. The smallest absolute Gasteiger partial charge is 0.339 e. The van der Waals surface area contributed by atoms with Crippen molar-refractivity contribution in [2.24, 2.45) is 0 Å². The Morgan fingerprint density at radius 3 is 2.55 bits per heavy atom. The van der Waals surface area contributed by atoms with Gasteiger partial charge in [0.2, 0.25) is 10.0 Å². The average Bonchev–Trinajstić information content (AvgIpc) is 2.75. The molecule has 0 bridgehead atoms. The van der Waals surface area contributed by atoms with E-state index in [1.807, 2.05) is 0 Å². The third-order valence-corrected chi connectivity index (χ3v) is 6.56. The van der Waals surface area contributed by atoms with Crippen molar-refractivity contribution in [3.63, 3.8) is 0 Å². The minimum absolute atomic E-state index is 0.0263. The van der Waals surface area contributed by atoms with Gasteiger partial charge in [-0.3, -0.25) is 4.79 Å². The van der Waals surface area contributed by atoms with Crippen LogP contribution < -0.4 is 5.32 Å².